The fraction of sp³-hybridized carbons (Fsp3) is 0.647. The quantitative estimate of drug-likeness (QED) is 0.889. The number of fused-ring (bicyclic) bond motifs is 1. The van der Waals surface area contributed by atoms with Crippen LogP contribution in [0, 0.1) is 11.7 Å². The summed E-state index contributed by atoms with van der Waals surface area (Å²) in [4.78, 5) is 2.56. The van der Waals surface area contributed by atoms with Gasteiger partial charge in [0.15, 0.2) is 0 Å². The molecule has 0 bridgehead atoms. The number of rotatable bonds is 5. The molecule has 20 heavy (non-hydrogen) atoms. The zero-order valence-electron chi connectivity index (χ0n) is 12.4. The van der Waals surface area contributed by atoms with Gasteiger partial charge >= 0.3 is 0 Å². The first-order valence-electron chi connectivity index (χ1n) is 7.97. The van der Waals surface area contributed by atoms with Crippen molar-refractivity contribution in [3.63, 3.8) is 0 Å². The highest BCUT2D eigenvalue weighted by Crippen LogP contribution is 2.32. The maximum absolute atomic E-state index is 13.7. The fourth-order valence-electron chi connectivity index (χ4n) is 3.64. The van der Waals surface area contributed by atoms with E-state index in [0.717, 1.165) is 24.9 Å². The van der Waals surface area contributed by atoms with Crippen molar-refractivity contribution in [2.24, 2.45) is 5.92 Å². The monoisotopic (exact) mass is 276 g/mol. The second-order valence-electron chi connectivity index (χ2n) is 6.42. The molecule has 0 radical (unpaired) electrons. The number of nitrogens with one attached hydrogen (secondary N) is 1. The van der Waals surface area contributed by atoms with Gasteiger partial charge < -0.3 is 10.2 Å². The van der Waals surface area contributed by atoms with Crippen LogP contribution in [0.15, 0.2) is 18.2 Å². The van der Waals surface area contributed by atoms with Gasteiger partial charge in [-0.05, 0) is 68.4 Å². The summed E-state index contributed by atoms with van der Waals surface area (Å²) in [6.07, 6.45) is 4.62. The molecule has 0 saturated carbocycles. The van der Waals surface area contributed by atoms with Crippen molar-refractivity contribution >= 4 is 0 Å². The molecule has 1 aliphatic carbocycles. The number of hydrogen-bond acceptors (Lipinski definition) is 2. The number of hydrogen-bond donors (Lipinski definition) is 1. The lowest BCUT2D eigenvalue weighted by Crippen LogP contribution is -2.32. The maximum Gasteiger partial charge on any atom is 0.126 e. The Kier molecular flexibility index (Phi) is 4.37. The van der Waals surface area contributed by atoms with Crippen molar-refractivity contribution in [1.29, 1.82) is 0 Å². The van der Waals surface area contributed by atoms with Crippen LogP contribution in [0.2, 0.25) is 0 Å². The normalized spacial score (nSPS) is 24.0. The van der Waals surface area contributed by atoms with E-state index in [4.69, 9.17) is 0 Å². The van der Waals surface area contributed by atoms with Gasteiger partial charge in [0.25, 0.3) is 0 Å². The summed E-state index contributed by atoms with van der Waals surface area (Å²) in [6.45, 7) is 7.06. The SMILES string of the molecule is CC(CNC1CCc2c(F)cccc21)CN1CCCC1. The van der Waals surface area contributed by atoms with E-state index in [9.17, 15) is 4.39 Å². The molecule has 0 amide bonds. The zero-order valence-corrected chi connectivity index (χ0v) is 12.4. The van der Waals surface area contributed by atoms with Crippen LogP contribution in [0.1, 0.15) is 43.4 Å². The van der Waals surface area contributed by atoms with Gasteiger partial charge in [-0.2, -0.15) is 0 Å². The third-order valence-electron chi connectivity index (χ3n) is 4.69. The molecule has 1 aliphatic heterocycles. The van der Waals surface area contributed by atoms with Crippen LogP contribution in [-0.2, 0) is 6.42 Å². The molecule has 2 atom stereocenters. The minimum Gasteiger partial charge on any atom is -0.310 e. The molecule has 0 aromatic heterocycles. The third-order valence-corrected chi connectivity index (χ3v) is 4.69. The smallest absolute Gasteiger partial charge is 0.126 e. The molecule has 2 nitrogen and oxygen atoms in total. The first-order chi connectivity index (χ1) is 9.74. The standard InChI is InChI=1S/C17H25FN2/c1-13(12-20-9-2-3-10-20)11-19-17-8-7-14-15(17)5-4-6-16(14)18/h4-6,13,17,19H,2-3,7-12H2,1H3. The fourth-order valence-corrected chi connectivity index (χ4v) is 3.64. The van der Waals surface area contributed by atoms with Crippen LogP contribution in [0.25, 0.3) is 0 Å². The predicted octanol–water partition coefficient (Wildman–Crippen LogP) is 3.13. The van der Waals surface area contributed by atoms with Gasteiger partial charge in [-0.25, -0.2) is 4.39 Å². The average molecular weight is 276 g/mol. The first-order valence-corrected chi connectivity index (χ1v) is 7.97. The second kappa shape index (κ2) is 6.23. The number of nitrogens with zero attached hydrogens (tertiary/aromatic N) is 1. The summed E-state index contributed by atoms with van der Waals surface area (Å²) in [5.41, 5.74) is 2.11. The van der Waals surface area contributed by atoms with Crippen LogP contribution < -0.4 is 5.32 Å². The maximum atomic E-state index is 13.7. The van der Waals surface area contributed by atoms with Crippen LogP contribution in [-0.4, -0.2) is 31.1 Å². The largest absolute Gasteiger partial charge is 0.310 e. The van der Waals surface area contributed by atoms with Crippen LogP contribution >= 0.6 is 0 Å². The van der Waals surface area contributed by atoms with Crippen LogP contribution in [0.5, 0.6) is 0 Å². The molecule has 1 heterocycles. The molecule has 110 valence electrons. The Hall–Kier alpha value is -0.930. The molecule has 1 aromatic rings. The first kappa shape index (κ1) is 14.0. The van der Waals surface area contributed by atoms with E-state index >= 15 is 0 Å². The Morgan fingerprint density at radius 1 is 1.35 bits per heavy atom. The summed E-state index contributed by atoms with van der Waals surface area (Å²) >= 11 is 0. The van der Waals surface area contributed by atoms with Gasteiger partial charge in [-0.3, -0.25) is 0 Å². The topological polar surface area (TPSA) is 15.3 Å². The summed E-state index contributed by atoms with van der Waals surface area (Å²) in [5.74, 6) is 0.627. The van der Waals surface area contributed by atoms with Gasteiger partial charge in [-0.15, -0.1) is 0 Å². The highest BCUT2D eigenvalue weighted by Gasteiger charge is 2.25. The van der Waals surface area contributed by atoms with Crippen molar-refractivity contribution in [3.05, 3.63) is 35.1 Å². The number of likely N-dealkylation sites (tertiary alicyclic amines) is 1. The van der Waals surface area contributed by atoms with Crippen LogP contribution in [0.3, 0.4) is 0 Å². The van der Waals surface area contributed by atoms with E-state index < -0.39 is 0 Å². The minimum atomic E-state index is -0.0306. The van der Waals surface area contributed by atoms with Crippen molar-refractivity contribution in [2.45, 2.75) is 38.6 Å². The van der Waals surface area contributed by atoms with E-state index in [1.54, 1.807) is 6.07 Å². The van der Waals surface area contributed by atoms with Gasteiger partial charge in [0.2, 0.25) is 0 Å². The molecule has 1 saturated heterocycles. The summed E-state index contributed by atoms with van der Waals surface area (Å²) in [5, 5.41) is 3.65. The molecule has 0 spiro atoms. The van der Waals surface area contributed by atoms with Gasteiger partial charge in [0, 0.05) is 12.6 Å². The molecule has 3 heteroatoms. The molecule has 3 rings (SSSR count). The van der Waals surface area contributed by atoms with Crippen molar-refractivity contribution < 1.29 is 4.39 Å². The van der Waals surface area contributed by atoms with Crippen molar-refractivity contribution in [1.82, 2.24) is 10.2 Å². The lowest BCUT2D eigenvalue weighted by molar-refractivity contribution is 0.277. The molecular formula is C17H25FN2. The Labute approximate surface area is 121 Å². The summed E-state index contributed by atoms with van der Waals surface area (Å²) in [6, 6.07) is 5.84. The average Bonchev–Trinajstić information content (AvgIpc) is 3.06. The summed E-state index contributed by atoms with van der Waals surface area (Å²) < 4.78 is 13.7. The Morgan fingerprint density at radius 3 is 2.95 bits per heavy atom. The van der Waals surface area contributed by atoms with Gasteiger partial charge in [0.05, 0.1) is 0 Å². The lowest BCUT2D eigenvalue weighted by atomic mass is 10.1. The lowest BCUT2D eigenvalue weighted by Gasteiger charge is -2.22. The van der Waals surface area contributed by atoms with E-state index in [0.29, 0.717) is 12.0 Å². The minimum absolute atomic E-state index is 0.0306. The van der Waals surface area contributed by atoms with E-state index in [-0.39, 0.29) is 5.82 Å². The highest BCUT2D eigenvalue weighted by atomic mass is 19.1. The zero-order chi connectivity index (χ0) is 13.9. The second-order valence-corrected chi connectivity index (χ2v) is 6.42. The molecular weight excluding hydrogens is 251 g/mol. The number of halogens is 1. The van der Waals surface area contributed by atoms with Gasteiger partial charge in [-0.1, -0.05) is 19.1 Å². The molecule has 1 fully saturated rings. The van der Waals surface area contributed by atoms with Crippen LogP contribution in [0.4, 0.5) is 4.39 Å². The Bertz CT molecular complexity index is 454. The molecule has 2 unspecified atom stereocenters. The molecule has 2 aliphatic rings. The number of benzene rings is 1. The van der Waals surface area contributed by atoms with Crippen molar-refractivity contribution in [2.75, 3.05) is 26.2 Å². The molecule has 1 N–H and O–H groups in total. The predicted molar refractivity (Wildman–Crippen MR) is 80.3 cm³/mol. The summed E-state index contributed by atoms with van der Waals surface area (Å²) in [7, 11) is 0. The van der Waals surface area contributed by atoms with Gasteiger partial charge in [0.1, 0.15) is 5.82 Å². The van der Waals surface area contributed by atoms with E-state index in [2.05, 4.69) is 23.2 Å². The molecule has 1 aromatic carbocycles. The Balaban J connectivity index is 1.51. The van der Waals surface area contributed by atoms with E-state index in [1.165, 1.54) is 38.0 Å². The van der Waals surface area contributed by atoms with E-state index in [1.807, 2.05) is 6.07 Å². The highest BCUT2D eigenvalue weighted by molar-refractivity contribution is 5.35. The Morgan fingerprint density at radius 2 is 2.15 bits per heavy atom. The van der Waals surface area contributed by atoms with Crippen molar-refractivity contribution in [3.8, 4) is 0 Å². The third kappa shape index (κ3) is 3.04.